The molecule has 1 atom stereocenters. The van der Waals surface area contributed by atoms with Crippen molar-refractivity contribution in [2.24, 2.45) is 0 Å². The summed E-state index contributed by atoms with van der Waals surface area (Å²) >= 11 is 0. The van der Waals surface area contributed by atoms with Crippen LogP contribution < -0.4 is 10.1 Å². The molecule has 29 heavy (non-hydrogen) atoms. The molecule has 0 fully saturated rings. The van der Waals surface area contributed by atoms with Gasteiger partial charge in [0, 0.05) is 12.0 Å². The van der Waals surface area contributed by atoms with E-state index in [0.29, 0.717) is 24.4 Å². The highest BCUT2D eigenvalue weighted by atomic mass is 16.5. The van der Waals surface area contributed by atoms with Crippen LogP contribution in [0.2, 0.25) is 0 Å². The van der Waals surface area contributed by atoms with Crippen LogP contribution in [0.25, 0.3) is 11.4 Å². The van der Waals surface area contributed by atoms with Crippen molar-refractivity contribution in [3.63, 3.8) is 0 Å². The first-order valence-electron chi connectivity index (χ1n) is 9.12. The molecule has 1 aromatic heterocycles. The Balaban J connectivity index is 1.45. The van der Waals surface area contributed by atoms with Crippen LogP contribution in [0.4, 0.5) is 0 Å². The smallest absolute Gasteiger partial charge is 0.330 e. The lowest BCUT2D eigenvalue weighted by molar-refractivity contribution is -0.142. The number of hydrogen-bond acceptors (Lipinski definition) is 6. The van der Waals surface area contributed by atoms with Gasteiger partial charge in [-0.2, -0.15) is 4.80 Å². The van der Waals surface area contributed by atoms with Crippen LogP contribution >= 0.6 is 0 Å². The van der Waals surface area contributed by atoms with Gasteiger partial charge in [-0.3, -0.25) is 4.79 Å². The number of aromatic nitrogens is 4. The number of hydrogen-bond donors (Lipinski definition) is 2. The molecule has 4 rings (SSSR count). The SMILES string of the molecule is Cc1ccc(-c2nnn(CC(=O)NC(C(=O)O)c3ccc4c(c3)CCO4)n2)cc1. The summed E-state index contributed by atoms with van der Waals surface area (Å²) < 4.78 is 5.44. The van der Waals surface area contributed by atoms with Gasteiger partial charge in [0.1, 0.15) is 12.3 Å². The maximum atomic E-state index is 12.4. The number of benzene rings is 2. The van der Waals surface area contributed by atoms with E-state index in [2.05, 4.69) is 20.7 Å². The zero-order valence-electron chi connectivity index (χ0n) is 15.7. The van der Waals surface area contributed by atoms with Crippen LogP contribution in [0.1, 0.15) is 22.7 Å². The third-order valence-corrected chi connectivity index (χ3v) is 4.65. The van der Waals surface area contributed by atoms with Gasteiger partial charge >= 0.3 is 5.97 Å². The van der Waals surface area contributed by atoms with Crippen molar-refractivity contribution in [1.29, 1.82) is 0 Å². The van der Waals surface area contributed by atoms with Crippen molar-refractivity contribution in [3.05, 3.63) is 59.2 Å². The van der Waals surface area contributed by atoms with E-state index in [-0.39, 0.29) is 6.54 Å². The van der Waals surface area contributed by atoms with Crippen LogP contribution in [0.3, 0.4) is 0 Å². The van der Waals surface area contributed by atoms with Crippen molar-refractivity contribution in [2.75, 3.05) is 6.61 Å². The molecular weight excluding hydrogens is 374 g/mol. The molecule has 0 saturated carbocycles. The number of fused-ring (bicyclic) bond motifs is 1. The minimum absolute atomic E-state index is 0.239. The van der Waals surface area contributed by atoms with E-state index >= 15 is 0 Å². The van der Waals surface area contributed by atoms with Gasteiger partial charge in [-0.1, -0.05) is 35.9 Å². The average Bonchev–Trinajstić information content (AvgIpc) is 3.35. The molecule has 1 amide bonds. The second-order valence-electron chi connectivity index (χ2n) is 6.81. The second kappa shape index (κ2) is 7.70. The maximum absolute atomic E-state index is 12.4. The van der Waals surface area contributed by atoms with Crippen molar-refractivity contribution in [2.45, 2.75) is 25.9 Å². The van der Waals surface area contributed by atoms with Gasteiger partial charge < -0.3 is 15.2 Å². The first-order chi connectivity index (χ1) is 14.0. The lowest BCUT2D eigenvalue weighted by Crippen LogP contribution is -2.36. The van der Waals surface area contributed by atoms with Gasteiger partial charge in [0.15, 0.2) is 6.04 Å². The van der Waals surface area contributed by atoms with Crippen LogP contribution in [0.5, 0.6) is 5.75 Å². The molecule has 3 aromatic rings. The first kappa shape index (κ1) is 18.6. The van der Waals surface area contributed by atoms with E-state index in [4.69, 9.17) is 4.74 Å². The van der Waals surface area contributed by atoms with Gasteiger partial charge in [-0.15, -0.1) is 10.2 Å². The molecule has 0 bridgehead atoms. The average molecular weight is 393 g/mol. The zero-order chi connectivity index (χ0) is 20.4. The Hall–Kier alpha value is -3.75. The van der Waals surface area contributed by atoms with Crippen molar-refractivity contribution >= 4 is 11.9 Å². The molecule has 148 valence electrons. The number of nitrogens with zero attached hydrogens (tertiary/aromatic N) is 4. The summed E-state index contributed by atoms with van der Waals surface area (Å²) in [4.78, 5) is 25.2. The predicted octanol–water partition coefficient (Wildman–Crippen LogP) is 1.53. The fourth-order valence-corrected chi connectivity index (χ4v) is 3.14. The molecule has 0 spiro atoms. The fourth-order valence-electron chi connectivity index (χ4n) is 3.14. The molecule has 2 aromatic carbocycles. The summed E-state index contributed by atoms with van der Waals surface area (Å²) in [5.41, 5.74) is 3.31. The minimum atomic E-state index is -1.17. The van der Waals surface area contributed by atoms with Crippen LogP contribution in [0, 0.1) is 6.92 Å². The Morgan fingerprint density at radius 1 is 1.24 bits per heavy atom. The topological polar surface area (TPSA) is 119 Å². The molecule has 9 heteroatoms. The Bertz CT molecular complexity index is 1060. The Labute approximate surface area is 166 Å². The monoisotopic (exact) mass is 393 g/mol. The molecule has 1 aliphatic heterocycles. The summed E-state index contributed by atoms with van der Waals surface area (Å²) in [5.74, 6) is -0.531. The minimum Gasteiger partial charge on any atom is -0.493 e. The van der Waals surface area contributed by atoms with Crippen molar-refractivity contribution in [1.82, 2.24) is 25.5 Å². The Morgan fingerprint density at radius 3 is 2.79 bits per heavy atom. The molecule has 9 nitrogen and oxygen atoms in total. The summed E-state index contributed by atoms with van der Waals surface area (Å²) in [7, 11) is 0. The number of ether oxygens (including phenoxy) is 1. The number of aliphatic carboxylic acids is 1. The number of nitrogens with one attached hydrogen (secondary N) is 1. The first-order valence-corrected chi connectivity index (χ1v) is 9.12. The molecule has 0 saturated heterocycles. The number of aryl methyl sites for hydroxylation is 1. The molecule has 1 aliphatic rings. The standard InChI is InChI=1S/C20H19N5O4/c1-12-2-4-13(5-3-12)19-22-24-25(23-19)11-17(26)21-18(20(27)28)15-6-7-16-14(10-15)8-9-29-16/h2-7,10,18H,8-9,11H2,1H3,(H,21,26)(H,27,28). The summed E-state index contributed by atoms with van der Waals surface area (Å²) in [6.07, 6.45) is 0.716. The van der Waals surface area contributed by atoms with Gasteiger partial charge in [0.05, 0.1) is 6.61 Å². The highest BCUT2D eigenvalue weighted by Gasteiger charge is 2.24. The number of carboxylic acid groups (broad SMARTS) is 1. The van der Waals surface area contributed by atoms with E-state index in [0.717, 1.165) is 27.2 Å². The van der Waals surface area contributed by atoms with Gasteiger partial charge in [-0.25, -0.2) is 4.79 Å². The van der Waals surface area contributed by atoms with Gasteiger partial charge in [-0.05, 0) is 35.4 Å². The number of carbonyl (C=O) groups is 2. The van der Waals surface area contributed by atoms with E-state index in [1.54, 1.807) is 18.2 Å². The summed E-state index contributed by atoms with van der Waals surface area (Å²) in [5, 5.41) is 24.1. The van der Waals surface area contributed by atoms with Crippen molar-refractivity contribution < 1.29 is 19.4 Å². The maximum Gasteiger partial charge on any atom is 0.330 e. The fraction of sp³-hybridized carbons (Fsp3) is 0.250. The van der Waals surface area contributed by atoms with Crippen LogP contribution in [-0.2, 0) is 22.6 Å². The molecule has 0 radical (unpaired) electrons. The van der Waals surface area contributed by atoms with E-state index in [1.807, 2.05) is 31.2 Å². The molecular formula is C20H19N5O4. The lowest BCUT2D eigenvalue weighted by atomic mass is 10.0. The lowest BCUT2D eigenvalue weighted by Gasteiger charge is -2.15. The second-order valence-corrected chi connectivity index (χ2v) is 6.81. The molecule has 2 N–H and O–H groups in total. The third-order valence-electron chi connectivity index (χ3n) is 4.65. The summed E-state index contributed by atoms with van der Waals surface area (Å²) in [6, 6.07) is 11.6. The highest BCUT2D eigenvalue weighted by molar-refractivity contribution is 5.84. The molecule has 2 heterocycles. The largest absolute Gasteiger partial charge is 0.493 e. The number of rotatable bonds is 6. The number of tetrazole rings is 1. The van der Waals surface area contributed by atoms with Gasteiger partial charge in [0.2, 0.25) is 11.7 Å². The van der Waals surface area contributed by atoms with E-state index in [9.17, 15) is 14.7 Å². The Kier molecular flexibility index (Phi) is 4.94. The third kappa shape index (κ3) is 4.08. The number of carboxylic acids is 1. The summed E-state index contributed by atoms with van der Waals surface area (Å²) in [6.45, 7) is 2.31. The normalized spacial score (nSPS) is 13.4. The molecule has 0 aliphatic carbocycles. The van der Waals surface area contributed by atoms with Gasteiger partial charge in [0.25, 0.3) is 0 Å². The van der Waals surface area contributed by atoms with E-state index in [1.165, 1.54) is 0 Å². The quantitative estimate of drug-likeness (QED) is 0.652. The van der Waals surface area contributed by atoms with Crippen molar-refractivity contribution in [3.8, 4) is 17.1 Å². The van der Waals surface area contributed by atoms with Crippen LogP contribution in [-0.4, -0.2) is 43.8 Å². The molecule has 1 unspecified atom stereocenters. The number of carbonyl (C=O) groups excluding carboxylic acids is 1. The highest BCUT2D eigenvalue weighted by Crippen LogP contribution is 2.28. The number of amides is 1. The zero-order valence-corrected chi connectivity index (χ0v) is 15.7. The Morgan fingerprint density at radius 2 is 2.03 bits per heavy atom. The predicted molar refractivity (Wildman–Crippen MR) is 102 cm³/mol. The van der Waals surface area contributed by atoms with E-state index < -0.39 is 17.9 Å². The van der Waals surface area contributed by atoms with Crippen LogP contribution in [0.15, 0.2) is 42.5 Å².